The molecule has 20 heavy (non-hydrogen) atoms. The Morgan fingerprint density at radius 2 is 2.05 bits per heavy atom. The molecule has 1 fully saturated rings. The van der Waals surface area contributed by atoms with E-state index in [0.29, 0.717) is 25.8 Å². The molecule has 1 aliphatic rings. The van der Waals surface area contributed by atoms with Crippen LogP contribution >= 0.6 is 0 Å². The summed E-state index contributed by atoms with van der Waals surface area (Å²) in [5.74, 6) is 2.32. The van der Waals surface area contributed by atoms with Gasteiger partial charge in [0.25, 0.3) is 0 Å². The van der Waals surface area contributed by atoms with Crippen LogP contribution in [0.15, 0.2) is 0 Å². The van der Waals surface area contributed by atoms with E-state index in [4.69, 9.17) is 11.2 Å². The number of carbonyl (C=O) groups excluding carboxylic acids is 2. The first-order valence-electron chi connectivity index (χ1n) is 7.31. The average Bonchev–Trinajstić information content (AvgIpc) is 2.81. The van der Waals surface area contributed by atoms with Gasteiger partial charge >= 0.3 is 5.97 Å². The highest BCUT2D eigenvalue weighted by molar-refractivity contribution is 5.85. The normalized spacial score (nSPS) is 18.7. The van der Waals surface area contributed by atoms with Crippen LogP contribution in [0.3, 0.4) is 0 Å². The van der Waals surface area contributed by atoms with Gasteiger partial charge in [-0.3, -0.25) is 4.79 Å². The van der Waals surface area contributed by atoms with Crippen LogP contribution in [0.5, 0.6) is 0 Å². The summed E-state index contributed by atoms with van der Waals surface area (Å²) in [6.45, 7) is 6.17. The molecule has 0 radical (unpaired) electrons. The number of esters is 1. The predicted octanol–water partition coefficient (Wildman–Crippen LogP) is 2.51. The van der Waals surface area contributed by atoms with Crippen molar-refractivity contribution in [2.45, 2.75) is 70.9 Å². The Hall–Kier alpha value is -1.50. The highest BCUT2D eigenvalue weighted by Crippen LogP contribution is 2.22. The predicted molar refractivity (Wildman–Crippen MR) is 77.9 cm³/mol. The van der Waals surface area contributed by atoms with Crippen molar-refractivity contribution in [1.29, 1.82) is 0 Å². The van der Waals surface area contributed by atoms with Gasteiger partial charge in [0.1, 0.15) is 11.6 Å². The summed E-state index contributed by atoms with van der Waals surface area (Å²) < 4.78 is 5.39. The number of unbranched alkanes of at least 4 members (excludes halogenated alkanes) is 2. The molecule has 1 atom stereocenters. The third-order valence-corrected chi connectivity index (χ3v) is 3.21. The van der Waals surface area contributed by atoms with Crippen molar-refractivity contribution in [2.75, 3.05) is 6.54 Å². The summed E-state index contributed by atoms with van der Waals surface area (Å²) in [4.78, 5) is 25.9. The third-order valence-electron chi connectivity index (χ3n) is 3.21. The van der Waals surface area contributed by atoms with E-state index in [0.717, 1.165) is 19.3 Å². The summed E-state index contributed by atoms with van der Waals surface area (Å²) in [5, 5.41) is 0. The number of terminal acetylenes is 1. The van der Waals surface area contributed by atoms with Crippen molar-refractivity contribution in [3.63, 3.8) is 0 Å². The quantitative estimate of drug-likeness (QED) is 0.441. The minimum absolute atomic E-state index is 0.0374. The van der Waals surface area contributed by atoms with Crippen molar-refractivity contribution in [1.82, 2.24) is 4.90 Å². The van der Waals surface area contributed by atoms with Crippen molar-refractivity contribution in [3.05, 3.63) is 0 Å². The number of carbonyl (C=O) groups is 2. The smallest absolute Gasteiger partial charge is 0.329 e. The number of hydrogen-bond acceptors (Lipinski definition) is 3. The lowest BCUT2D eigenvalue weighted by molar-refractivity contribution is -0.163. The molecule has 0 unspecified atom stereocenters. The van der Waals surface area contributed by atoms with Gasteiger partial charge in [0.05, 0.1) is 0 Å². The Morgan fingerprint density at radius 1 is 1.35 bits per heavy atom. The lowest BCUT2D eigenvalue weighted by Crippen LogP contribution is -2.43. The fourth-order valence-electron chi connectivity index (χ4n) is 2.33. The van der Waals surface area contributed by atoms with Crippen molar-refractivity contribution < 1.29 is 14.3 Å². The van der Waals surface area contributed by atoms with Gasteiger partial charge in [-0.2, -0.15) is 0 Å². The van der Waals surface area contributed by atoms with Gasteiger partial charge in [0.2, 0.25) is 5.91 Å². The van der Waals surface area contributed by atoms with E-state index in [9.17, 15) is 9.59 Å². The Morgan fingerprint density at radius 3 is 2.65 bits per heavy atom. The van der Waals surface area contributed by atoms with Gasteiger partial charge in [0, 0.05) is 19.4 Å². The fourth-order valence-corrected chi connectivity index (χ4v) is 2.33. The standard InChI is InChI=1S/C16H25NO3/c1-5-6-7-8-11-14(18)17-12-9-10-13(17)15(19)20-16(2,3)4/h1,13H,6-12H2,2-4H3/t13-/m1/s1. The van der Waals surface area contributed by atoms with Crippen LogP contribution in [0.4, 0.5) is 0 Å². The van der Waals surface area contributed by atoms with E-state index >= 15 is 0 Å². The molecule has 0 aromatic heterocycles. The molecule has 1 rings (SSSR count). The monoisotopic (exact) mass is 279 g/mol. The van der Waals surface area contributed by atoms with Gasteiger partial charge in [-0.1, -0.05) is 0 Å². The summed E-state index contributed by atoms with van der Waals surface area (Å²) >= 11 is 0. The number of nitrogens with zero attached hydrogens (tertiary/aromatic N) is 1. The molecule has 0 aromatic rings. The van der Waals surface area contributed by atoms with Gasteiger partial charge in [-0.25, -0.2) is 4.79 Å². The van der Waals surface area contributed by atoms with Gasteiger partial charge in [-0.05, 0) is 46.5 Å². The molecular weight excluding hydrogens is 254 g/mol. The minimum atomic E-state index is -0.513. The van der Waals surface area contributed by atoms with E-state index in [-0.39, 0.29) is 11.9 Å². The van der Waals surface area contributed by atoms with Crippen LogP contribution in [0, 0.1) is 12.3 Å². The topological polar surface area (TPSA) is 46.6 Å². The number of hydrogen-bond donors (Lipinski definition) is 0. The molecule has 0 spiro atoms. The lowest BCUT2D eigenvalue weighted by atomic mass is 10.1. The molecular formula is C16H25NO3. The number of rotatable bonds is 5. The Bertz CT molecular complexity index is 390. The first-order valence-corrected chi connectivity index (χ1v) is 7.31. The first kappa shape index (κ1) is 16.6. The zero-order valence-corrected chi connectivity index (χ0v) is 12.8. The highest BCUT2D eigenvalue weighted by Gasteiger charge is 2.36. The Balaban J connectivity index is 2.50. The van der Waals surface area contributed by atoms with E-state index in [1.165, 1.54) is 0 Å². The second kappa shape index (κ2) is 7.33. The molecule has 1 amide bonds. The molecule has 112 valence electrons. The summed E-state index contributed by atoms with van der Waals surface area (Å²) in [6.07, 6.45) is 9.53. The van der Waals surface area contributed by atoms with E-state index < -0.39 is 11.6 Å². The van der Waals surface area contributed by atoms with E-state index in [2.05, 4.69) is 5.92 Å². The molecule has 0 N–H and O–H groups in total. The third kappa shape index (κ3) is 5.24. The van der Waals surface area contributed by atoms with Crippen LogP contribution in [-0.2, 0) is 14.3 Å². The van der Waals surface area contributed by atoms with Gasteiger partial charge in [0.15, 0.2) is 0 Å². The second-order valence-electron chi connectivity index (χ2n) is 6.19. The maximum atomic E-state index is 12.2. The molecule has 0 aromatic carbocycles. The molecule has 1 aliphatic heterocycles. The summed E-state index contributed by atoms with van der Waals surface area (Å²) in [5.41, 5.74) is -0.513. The number of likely N-dealkylation sites (tertiary alicyclic amines) is 1. The summed E-state index contributed by atoms with van der Waals surface area (Å²) in [6, 6.07) is -0.408. The molecule has 0 bridgehead atoms. The minimum Gasteiger partial charge on any atom is -0.458 e. The van der Waals surface area contributed by atoms with E-state index in [1.807, 2.05) is 20.8 Å². The molecule has 1 heterocycles. The number of ether oxygens (including phenoxy) is 1. The largest absolute Gasteiger partial charge is 0.458 e. The first-order chi connectivity index (χ1) is 9.35. The van der Waals surface area contributed by atoms with Crippen molar-refractivity contribution in [3.8, 4) is 12.3 Å². The lowest BCUT2D eigenvalue weighted by Gasteiger charge is -2.27. The molecule has 1 saturated heterocycles. The van der Waals surface area contributed by atoms with Gasteiger partial charge in [-0.15, -0.1) is 12.3 Å². The zero-order chi connectivity index (χ0) is 15.2. The average molecular weight is 279 g/mol. The molecule has 0 saturated carbocycles. The van der Waals surface area contributed by atoms with Crippen LogP contribution < -0.4 is 0 Å². The van der Waals surface area contributed by atoms with Crippen LogP contribution in [0.1, 0.15) is 59.3 Å². The van der Waals surface area contributed by atoms with Crippen LogP contribution in [0.2, 0.25) is 0 Å². The molecule has 0 aliphatic carbocycles. The Labute approximate surface area is 121 Å². The van der Waals surface area contributed by atoms with E-state index in [1.54, 1.807) is 4.90 Å². The SMILES string of the molecule is C#CCCCCC(=O)N1CCC[C@@H]1C(=O)OC(C)(C)C. The zero-order valence-electron chi connectivity index (χ0n) is 12.8. The van der Waals surface area contributed by atoms with Crippen LogP contribution in [0.25, 0.3) is 0 Å². The van der Waals surface area contributed by atoms with Gasteiger partial charge < -0.3 is 9.64 Å². The maximum absolute atomic E-state index is 12.2. The Kier molecular flexibility index (Phi) is 6.06. The highest BCUT2D eigenvalue weighted by atomic mass is 16.6. The second-order valence-corrected chi connectivity index (χ2v) is 6.19. The number of amides is 1. The molecule has 4 heteroatoms. The van der Waals surface area contributed by atoms with Crippen LogP contribution in [-0.4, -0.2) is 35.0 Å². The fraction of sp³-hybridized carbons (Fsp3) is 0.750. The molecule has 4 nitrogen and oxygen atoms in total. The summed E-state index contributed by atoms with van der Waals surface area (Å²) in [7, 11) is 0. The maximum Gasteiger partial charge on any atom is 0.329 e. The van der Waals surface area contributed by atoms with Crippen molar-refractivity contribution in [2.24, 2.45) is 0 Å². The van der Waals surface area contributed by atoms with Crippen molar-refractivity contribution >= 4 is 11.9 Å².